The standard InChI is InChI=1S/C11H18N4O2/c1-8-4-9(5-12)14-11(13-8)15-2-3-17-10(6-15)7-16/h4,10,16H,2-3,5-7,12H2,1H3. The molecule has 0 amide bonds. The molecule has 1 saturated heterocycles. The van der Waals surface area contributed by atoms with Crippen molar-refractivity contribution in [1.29, 1.82) is 0 Å². The van der Waals surface area contributed by atoms with E-state index in [2.05, 4.69) is 9.97 Å². The molecule has 3 N–H and O–H groups in total. The minimum Gasteiger partial charge on any atom is -0.394 e. The van der Waals surface area contributed by atoms with Crippen LogP contribution in [0.2, 0.25) is 0 Å². The van der Waals surface area contributed by atoms with Gasteiger partial charge in [-0.3, -0.25) is 0 Å². The minimum atomic E-state index is -0.158. The lowest BCUT2D eigenvalue weighted by Gasteiger charge is -2.32. The van der Waals surface area contributed by atoms with Gasteiger partial charge in [0.25, 0.3) is 0 Å². The van der Waals surface area contributed by atoms with Crippen LogP contribution in [0.4, 0.5) is 5.95 Å². The summed E-state index contributed by atoms with van der Waals surface area (Å²) in [5.74, 6) is 0.673. The van der Waals surface area contributed by atoms with E-state index in [0.717, 1.165) is 17.9 Å². The van der Waals surface area contributed by atoms with Gasteiger partial charge in [-0.1, -0.05) is 0 Å². The summed E-state index contributed by atoms with van der Waals surface area (Å²) >= 11 is 0. The van der Waals surface area contributed by atoms with Gasteiger partial charge in [0.2, 0.25) is 5.95 Å². The number of anilines is 1. The molecule has 17 heavy (non-hydrogen) atoms. The summed E-state index contributed by atoms with van der Waals surface area (Å²) in [6.07, 6.45) is -0.158. The van der Waals surface area contributed by atoms with Crippen molar-refractivity contribution in [1.82, 2.24) is 9.97 Å². The van der Waals surface area contributed by atoms with Crippen LogP contribution in [0.1, 0.15) is 11.4 Å². The van der Waals surface area contributed by atoms with Crippen LogP contribution < -0.4 is 10.6 Å². The van der Waals surface area contributed by atoms with Crippen LogP contribution in [0.3, 0.4) is 0 Å². The number of aromatic nitrogens is 2. The summed E-state index contributed by atoms with van der Waals surface area (Å²) in [5, 5.41) is 9.10. The van der Waals surface area contributed by atoms with Gasteiger partial charge in [-0.2, -0.15) is 0 Å². The second-order valence-corrected chi connectivity index (χ2v) is 4.13. The minimum absolute atomic E-state index is 0.0199. The molecular formula is C11H18N4O2. The molecule has 0 saturated carbocycles. The molecule has 1 fully saturated rings. The van der Waals surface area contributed by atoms with Gasteiger partial charge >= 0.3 is 0 Å². The van der Waals surface area contributed by atoms with E-state index in [-0.39, 0.29) is 12.7 Å². The van der Waals surface area contributed by atoms with Gasteiger partial charge in [-0.25, -0.2) is 9.97 Å². The monoisotopic (exact) mass is 238 g/mol. The molecule has 0 bridgehead atoms. The lowest BCUT2D eigenvalue weighted by Crippen LogP contribution is -2.45. The molecule has 1 aliphatic rings. The zero-order valence-electron chi connectivity index (χ0n) is 9.96. The molecule has 2 heterocycles. The molecule has 0 aromatic carbocycles. The first kappa shape index (κ1) is 12.2. The highest BCUT2D eigenvalue weighted by molar-refractivity contribution is 5.33. The molecule has 0 spiro atoms. The van der Waals surface area contributed by atoms with Crippen molar-refractivity contribution in [2.75, 3.05) is 31.2 Å². The second-order valence-electron chi connectivity index (χ2n) is 4.13. The molecule has 94 valence electrons. The van der Waals surface area contributed by atoms with E-state index in [9.17, 15) is 0 Å². The number of nitrogens with two attached hydrogens (primary N) is 1. The summed E-state index contributed by atoms with van der Waals surface area (Å²) in [4.78, 5) is 10.8. The van der Waals surface area contributed by atoms with Crippen LogP contribution in [-0.4, -0.2) is 47.5 Å². The molecule has 6 heteroatoms. The van der Waals surface area contributed by atoms with E-state index in [1.165, 1.54) is 0 Å². The van der Waals surface area contributed by atoms with E-state index in [1.54, 1.807) is 0 Å². The Kier molecular flexibility index (Phi) is 3.88. The van der Waals surface area contributed by atoms with Crippen molar-refractivity contribution in [3.8, 4) is 0 Å². The van der Waals surface area contributed by atoms with E-state index in [4.69, 9.17) is 15.6 Å². The lowest BCUT2D eigenvalue weighted by atomic mass is 10.3. The van der Waals surface area contributed by atoms with Crippen LogP contribution in [0.25, 0.3) is 0 Å². The Morgan fingerprint density at radius 2 is 2.41 bits per heavy atom. The molecule has 0 aliphatic carbocycles. The van der Waals surface area contributed by atoms with Gasteiger partial charge in [0, 0.05) is 25.3 Å². The van der Waals surface area contributed by atoms with E-state index >= 15 is 0 Å². The third kappa shape index (κ3) is 2.91. The number of aryl methyl sites for hydroxylation is 1. The number of aliphatic hydroxyl groups excluding tert-OH is 1. The summed E-state index contributed by atoms with van der Waals surface area (Å²) in [5.41, 5.74) is 7.34. The molecular weight excluding hydrogens is 220 g/mol. The zero-order valence-corrected chi connectivity index (χ0v) is 9.96. The molecule has 1 atom stereocenters. The Balaban J connectivity index is 2.18. The number of hydrogen-bond donors (Lipinski definition) is 2. The Hall–Kier alpha value is -1.24. The van der Waals surface area contributed by atoms with Crippen LogP contribution in [0.15, 0.2) is 6.07 Å². The van der Waals surface area contributed by atoms with Gasteiger partial charge in [-0.15, -0.1) is 0 Å². The highest BCUT2D eigenvalue weighted by atomic mass is 16.5. The highest BCUT2D eigenvalue weighted by Crippen LogP contribution is 2.14. The Morgan fingerprint density at radius 3 is 3.12 bits per heavy atom. The molecule has 2 rings (SSSR count). The van der Waals surface area contributed by atoms with Gasteiger partial charge in [0.1, 0.15) is 0 Å². The molecule has 1 aromatic rings. The first-order chi connectivity index (χ1) is 8.22. The fraction of sp³-hybridized carbons (Fsp3) is 0.636. The average molecular weight is 238 g/mol. The van der Waals surface area contributed by atoms with Crippen LogP contribution in [0.5, 0.6) is 0 Å². The number of nitrogens with zero attached hydrogens (tertiary/aromatic N) is 3. The maximum Gasteiger partial charge on any atom is 0.225 e. The molecule has 1 unspecified atom stereocenters. The SMILES string of the molecule is Cc1cc(CN)nc(N2CCOC(CO)C2)n1. The van der Waals surface area contributed by atoms with Crippen molar-refractivity contribution in [3.63, 3.8) is 0 Å². The quantitative estimate of drug-likeness (QED) is 0.734. The van der Waals surface area contributed by atoms with Crippen molar-refractivity contribution < 1.29 is 9.84 Å². The number of morpholine rings is 1. The smallest absolute Gasteiger partial charge is 0.225 e. The van der Waals surface area contributed by atoms with Gasteiger partial charge < -0.3 is 20.5 Å². The van der Waals surface area contributed by atoms with Crippen molar-refractivity contribution >= 4 is 5.95 Å². The first-order valence-electron chi connectivity index (χ1n) is 5.75. The summed E-state index contributed by atoms with van der Waals surface area (Å²) in [7, 11) is 0. The summed E-state index contributed by atoms with van der Waals surface area (Å²) < 4.78 is 5.39. The van der Waals surface area contributed by atoms with Crippen LogP contribution >= 0.6 is 0 Å². The third-order valence-electron chi connectivity index (χ3n) is 2.73. The Labute approximate surface area is 100 Å². The maximum absolute atomic E-state index is 9.10. The van der Waals surface area contributed by atoms with E-state index < -0.39 is 0 Å². The molecule has 1 aromatic heterocycles. The maximum atomic E-state index is 9.10. The second kappa shape index (κ2) is 5.39. The summed E-state index contributed by atoms with van der Waals surface area (Å²) in [6.45, 7) is 4.29. The Morgan fingerprint density at radius 1 is 1.59 bits per heavy atom. The fourth-order valence-corrected chi connectivity index (χ4v) is 1.87. The average Bonchev–Trinajstić information content (AvgIpc) is 2.38. The van der Waals surface area contributed by atoms with Crippen LogP contribution in [0, 0.1) is 6.92 Å². The van der Waals surface area contributed by atoms with Crippen molar-refractivity contribution in [2.24, 2.45) is 5.73 Å². The number of aliphatic hydroxyl groups is 1. The first-order valence-corrected chi connectivity index (χ1v) is 5.75. The lowest BCUT2D eigenvalue weighted by molar-refractivity contribution is 0.00312. The number of hydrogen-bond acceptors (Lipinski definition) is 6. The predicted octanol–water partition coefficient (Wildman–Crippen LogP) is -0.559. The molecule has 0 radical (unpaired) electrons. The van der Waals surface area contributed by atoms with Crippen molar-refractivity contribution in [2.45, 2.75) is 19.6 Å². The van der Waals surface area contributed by atoms with Gasteiger partial charge in [-0.05, 0) is 13.0 Å². The summed E-state index contributed by atoms with van der Waals surface area (Å²) in [6, 6.07) is 1.88. The van der Waals surface area contributed by atoms with E-state index in [1.807, 2.05) is 17.9 Å². The van der Waals surface area contributed by atoms with Crippen molar-refractivity contribution in [3.05, 3.63) is 17.5 Å². The number of rotatable bonds is 3. The van der Waals surface area contributed by atoms with Gasteiger partial charge in [0.05, 0.1) is 25.0 Å². The van der Waals surface area contributed by atoms with Crippen LogP contribution in [-0.2, 0) is 11.3 Å². The predicted molar refractivity (Wildman–Crippen MR) is 63.7 cm³/mol. The fourth-order valence-electron chi connectivity index (χ4n) is 1.87. The normalized spacial score (nSPS) is 20.6. The topological polar surface area (TPSA) is 84.5 Å². The van der Waals surface area contributed by atoms with Gasteiger partial charge in [0.15, 0.2) is 0 Å². The Bertz CT molecular complexity index is 386. The molecule has 6 nitrogen and oxygen atoms in total. The molecule has 1 aliphatic heterocycles. The largest absolute Gasteiger partial charge is 0.394 e. The zero-order chi connectivity index (χ0) is 12.3. The third-order valence-corrected chi connectivity index (χ3v) is 2.73. The van der Waals surface area contributed by atoms with E-state index in [0.29, 0.717) is 25.6 Å². The highest BCUT2D eigenvalue weighted by Gasteiger charge is 2.22. The number of ether oxygens (including phenoxy) is 1.